The molecule has 0 fully saturated rings. The standard InChI is InChI=1S/C35H31N3/c1-2-10-19-33-30(17-9-1)31-18-11-12-20-34(31)37(33)28-21-23-29(24-22-28)38-35(27-15-7-4-8-16-27)25-32(36-38)26-13-5-3-6-14-26/h3-8,11-16,18,20-25H,1-2,9-10,17,19H2. The number of para-hydroxylation sites is 1. The van der Waals surface area contributed by atoms with Crippen molar-refractivity contribution >= 4 is 10.9 Å². The molecule has 0 N–H and O–H groups in total. The summed E-state index contributed by atoms with van der Waals surface area (Å²) < 4.78 is 4.59. The molecule has 0 saturated carbocycles. The Balaban J connectivity index is 1.34. The van der Waals surface area contributed by atoms with Crippen molar-refractivity contribution in [3.63, 3.8) is 0 Å². The molecule has 0 saturated heterocycles. The lowest BCUT2D eigenvalue weighted by molar-refractivity contribution is 0.608. The Morgan fingerprint density at radius 3 is 1.95 bits per heavy atom. The zero-order valence-corrected chi connectivity index (χ0v) is 21.6. The van der Waals surface area contributed by atoms with Gasteiger partial charge in [0.25, 0.3) is 0 Å². The number of rotatable bonds is 4. The SMILES string of the molecule is c1ccc(-c2cc(-c3ccccc3)n(-c3ccc(-n4c5c(c6ccccc64)CCCCCC5)cc3)n2)cc1. The number of fused-ring (bicyclic) bond motifs is 3. The first-order valence-corrected chi connectivity index (χ1v) is 13.8. The Bertz CT molecular complexity index is 1690. The molecule has 0 aliphatic heterocycles. The second-order valence-electron chi connectivity index (χ2n) is 10.3. The zero-order valence-electron chi connectivity index (χ0n) is 21.6. The number of aromatic nitrogens is 3. The number of hydrogen-bond donors (Lipinski definition) is 0. The van der Waals surface area contributed by atoms with Gasteiger partial charge >= 0.3 is 0 Å². The van der Waals surface area contributed by atoms with Crippen LogP contribution in [0.1, 0.15) is 36.9 Å². The normalized spacial score (nSPS) is 13.7. The minimum atomic E-state index is 0.978. The van der Waals surface area contributed by atoms with Crippen molar-refractivity contribution < 1.29 is 0 Å². The maximum atomic E-state index is 5.07. The van der Waals surface area contributed by atoms with Crippen LogP contribution in [-0.2, 0) is 12.8 Å². The van der Waals surface area contributed by atoms with E-state index in [0.717, 1.165) is 34.6 Å². The fourth-order valence-electron chi connectivity index (χ4n) is 6.03. The van der Waals surface area contributed by atoms with Crippen LogP contribution < -0.4 is 0 Å². The van der Waals surface area contributed by atoms with Crippen LogP contribution in [0.25, 0.3) is 44.8 Å². The summed E-state index contributed by atoms with van der Waals surface area (Å²) in [5.74, 6) is 0. The summed E-state index contributed by atoms with van der Waals surface area (Å²) in [7, 11) is 0. The topological polar surface area (TPSA) is 22.8 Å². The second-order valence-corrected chi connectivity index (χ2v) is 10.3. The number of aryl methyl sites for hydroxylation is 1. The van der Waals surface area contributed by atoms with Crippen molar-refractivity contribution in [2.45, 2.75) is 38.5 Å². The molecule has 0 unspecified atom stereocenters. The molecule has 3 nitrogen and oxygen atoms in total. The molecule has 0 amide bonds. The first-order chi connectivity index (χ1) is 18.9. The van der Waals surface area contributed by atoms with Gasteiger partial charge < -0.3 is 4.57 Å². The van der Waals surface area contributed by atoms with E-state index in [9.17, 15) is 0 Å². The lowest BCUT2D eigenvalue weighted by atomic mass is 9.96. The van der Waals surface area contributed by atoms with Crippen LogP contribution >= 0.6 is 0 Å². The molecule has 2 aromatic heterocycles. The Morgan fingerprint density at radius 2 is 1.18 bits per heavy atom. The third-order valence-corrected chi connectivity index (χ3v) is 7.88. The van der Waals surface area contributed by atoms with Crippen molar-refractivity contribution in [2.75, 3.05) is 0 Å². The van der Waals surface area contributed by atoms with Crippen LogP contribution in [0.2, 0.25) is 0 Å². The van der Waals surface area contributed by atoms with Gasteiger partial charge in [-0.15, -0.1) is 0 Å². The van der Waals surface area contributed by atoms with Gasteiger partial charge in [-0.3, -0.25) is 0 Å². The van der Waals surface area contributed by atoms with E-state index < -0.39 is 0 Å². The minimum absolute atomic E-state index is 0.978. The molecule has 3 heteroatoms. The molecule has 186 valence electrons. The molecule has 7 rings (SSSR count). The quantitative estimate of drug-likeness (QED) is 0.241. The fraction of sp³-hybridized carbons (Fsp3) is 0.171. The predicted octanol–water partition coefficient (Wildman–Crippen LogP) is 8.81. The van der Waals surface area contributed by atoms with E-state index in [-0.39, 0.29) is 0 Å². The van der Waals surface area contributed by atoms with Gasteiger partial charge in [0.1, 0.15) is 0 Å². The van der Waals surface area contributed by atoms with E-state index in [1.807, 2.05) is 6.07 Å². The monoisotopic (exact) mass is 493 g/mol. The Kier molecular flexibility index (Phi) is 5.90. The van der Waals surface area contributed by atoms with Gasteiger partial charge in [-0.2, -0.15) is 5.10 Å². The average molecular weight is 494 g/mol. The van der Waals surface area contributed by atoms with Crippen LogP contribution in [-0.4, -0.2) is 14.3 Å². The largest absolute Gasteiger partial charge is 0.313 e. The molecule has 1 aliphatic carbocycles. The van der Waals surface area contributed by atoms with Crippen LogP contribution in [0, 0.1) is 0 Å². The molecular weight excluding hydrogens is 462 g/mol. The number of nitrogens with zero attached hydrogens (tertiary/aromatic N) is 3. The predicted molar refractivity (Wildman–Crippen MR) is 157 cm³/mol. The van der Waals surface area contributed by atoms with Gasteiger partial charge in [-0.25, -0.2) is 4.68 Å². The Morgan fingerprint density at radius 1 is 0.553 bits per heavy atom. The first-order valence-electron chi connectivity index (χ1n) is 13.8. The zero-order chi connectivity index (χ0) is 25.3. The van der Waals surface area contributed by atoms with Crippen LogP contribution in [0.3, 0.4) is 0 Å². The molecule has 6 aromatic rings. The summed E-state index contributed by atoms with van der Waals surface area (Å²) in [5, 5.41) is 6.49. The summed E-state index contributed by atoms with van der Waals surface area (Å²) in [5.41, 5.74) is 11.0. The molecule has 38 heavy (non-hydrogen) atoms. The molecule has 2 heterocycles. The highest BCUT2D eigenvalue weighted by molar-refractivity contribution is 5.87. The van der Waals surface area contributed by atoms with E-state index in [1.165, 1.54) is 54.4 Å². The molecule has 0 atom stereocenters. The van der Waals surface area contributed by atoms with Crippen molar-refractivity contribution in [2.24, 2.45) is 0 Å². The van der Waals surface area contributed by atoms with Crippen LogP contribution in [0.15, 0.2) is 115 Å². The maximum Gasteiger partial charge on any atom is 0.0934 e. The van der Waals surface area contributed by atoms with Gasteiger partial charge in [-0.05, 0) is 67.6 Å². The van der Waals surface area contributed by atoms with Gasteiger partial charge in [0.15, 0.2) is 0 Å². The highest BCUT2D eigenvalue weighted by Gasteiger charge is 2.19. The molecule has 0 spiro atoms. The fourth-order valence-corrected chi connectivity index (χ4v) is 6.03. The van der Waals surface area contributed by atoms with Gasteiger partial charge in [-0.1, -0.05) is 91.7 Å². The van der Waals surface area contributed by atoms with Crippen molar-refractivity contribution in [3.05, 3.63) is 127 Å². The van der Waals surface area contributed by atoms with E-state index in [4.69, 9.17) is 5.10 Å². The van der Waals surface area contributed by atoms with E-state index in [0.29, 0.717) is 0 Å². The third-order valence-electron chi connectivity index (χ3n) is 7.88. The summed E-state index contributed by atoms with van der Waals surface area (Å²) >= 11 is 0. The molecule has 4 aromatic carbocycles. The molecular formula is C35H31N3. The van der Waals surface area contributed by atoms with E-state index >= 15 is 0 Å². The third kappa shape index (κ3) is 4.05. The van der Waals surface area contributed by atoms with E-state index in [2.05, 4.69) is 118 Å². The van der Waals surface area contributed by atoms with Crippen molar-refractivity contribution in [1.82, 2.24) is 14.3 Å². The summed E-state index contributed by atoms with van der Waals surface area (Å²) in [4.78, 5) is 0. The highest BCUT2D eigenvalue weighted by atomic mass is 15.3. The van der Waals surface area contributed by atoms with Gasteiger partial charge in [0.05, 0.1) is 22.6 Å². The Hall–Kier alpha value is -4.37. The van der Waals surface area contributed by atoms with E-state index in [1.54, 1.807) is 5.56 Å². The lowest BCUT2D eigenvalue weighted by Gasteiger charge is -2.16. The van der Waals surface area contributed by atoms with Crippen LogP contribution in [0.5, 0.6) is 0 Å². The molecule has 1 aliphatic rings. The van der Waals surface area contributed by atoms with Gasteiger partial charge in [0.2, 0.25) is 0 Å². The summed E-state index contributed by atoms with van der Waals surface area (Å²) in [6.07, 6.45) is 7.53. The lowest BCUT2D eigenvalue weighted by Crippen LogP contribution is -2.05. The Labute approximate surface area is 224 Å². The number of hydrogen-bond acceptors (Lipinski definition) is 1. The van der Waals surface area contributed by atoms with Crippen molar-refractivity contribution in [1.29, 1.82) is 0 Å². The second kappa shape index (κ2) is 9.83. The molecule has 0 radical (unpaired) electrons. The number of benzene rings is 4. The minimum Gasteiger partial charge on any atom is -0.313 e. The first kappa shape index (κ1) is 22.8. The van der Waals surface area contributed by atoms with Crippen LogP contribution in [0.4, 0.5) is 0 Å². The summed E-state index contributed by atoms with van der Waals surface area (Å²) in [6.45, 7) is 0. The summed E-state index contributed by atoms with van der Waals surface area (Å²) in [6, 6.07) is 41.1. The van der Waals surface area contributed by atoms with Gasteiger partial charge in [0, 0.05) is 27.9 Å². The molecule has 0 bridgehead atoms. The van der Waals surface area contributed by atoms with Crippen molar-refractivity contribution in [3.8, 4) is 33.9 Å². The maximum absolute atomic E-state index is 5.07. The smallest absolute Gasteiger partial charge is 0.0934 e. The average Bonchev–Trinajstić information content (AvgIpc) is 3.54. The highest BCUT2D eigenvalue weighted by Crippen LogP contribution is 2.34.